The minimum absolute atomic E-state index is 0.161. The molecule has 0 saturated carbocycles. The standard InChI is InChI=1S/C16H21ClN4O2/c1-12(6-7-18)20(2)16(22)19-14-5-3-4-13(17)15(14)21-8-10-23-11-9-21/h3-5,12H,6,8-11H2,1-2H3,(H,19,22)/t12-/m1/s1. The highest BCUT2D eigenvalue weighted by Gasteiger charge is 2.21. The van der Waals surface area contributed by atoms with Gasteiger partial charge in [0, 0.05) is 26.2 Å². The summed E-state index contributed by atoms with van der Waals surface area (Å²) < 4.78 is 5.37. The molecule has 7 heteroatoms. The average Bonchev–Trinajstić information content (AvgIpc) is 2.55. The van der Waals surface area contributed by atoms with E-state index in [0.29, 0.717) is 23.9 Å². The molecule has 1 aromatic carbocycles. The Labute approximate surface area is 141 Å². The molecule has 0 aromatic heterocycles. The number of para-hydroxylation sites is 1. The van der Waals surface area contributed by atoms with Crippen LogP contribution in [-0.4, -0.2) is 50.3 Å². The number of nitrogens with zero attached hydrogens (tertiary/aromatic N) is 3. The highest BCUT2D eigenvalue weighted by Crippen LogP contribution is 2.34. The van der Waals surface area contributed by atoms with Crippen LogP contribution in [0.25, 0.3) is 0 Å². The number of urea groups is 1. The Balaban J connectivity index is 2.18. The number of morpholine rings is 1. The van der Waals surface area contributed by atoms with E-state index in [9.17, 15) is 4.79 Å². The van der Waals surface area contributed by atoms with Crippen LogP contribution in [0.5, 0.6) is 0 Å². The second-order valence-electron chi connectivity index (χ2n) is 5.49. The van der Waals surface area contributed by atoms with Crippen molar-refractivity contribution in [3.8, 4) is 6.07 Å². The first kappa shape index (κ1) is 17.4. The first-order chi connectivity index (χ1) is 11.0. The van der Waals surface area contributed by atoms with Crippen molar-refractivity contribution >= 4 is 29.0 Å². The summed E-state index contributed by atoms with van der Waals surface area (Å²) in [5, 5.41) is 12.3. The van der Waals surface area contributed by atoms with Gasteiger partial charge in [-0.3, -0.25) is 0 Å². The Morgan fingerprint density at radius 2 is 2.22 bits per heavy atom. The predicted molar refractivity (Wildman–Crippen MR) is 91.0 cm³/mol. The molecule has 0 aliphatic carbocycles. The minimum atomic E-state index is -0.260. The summed E-state index contributed by atoms with van der Waals surface area (Å²) in [6.07, 6.45) is 0.287. The monoisotopic (exact) mass is 336 g/mol. The molecule has 1 N–H and O–H groups in total. The van der Waals surface area contributed by atoms with Crippen LogP contribution in [-0.2, 0) is 4.74 Å². The fourth-order valence-corrected chi connectivity index (χ4v) is 2.69. The van der Waals surface area contributed by atoms with E-state index in [1.54, 1.807) is 13.1 Å². The average molecular weight is 337 g/mol. The summed E-state index contributed by atoms with van der Waals surface area (Å²) in [5.41, 5.74) is 1.48. The first-order valence-corrected chi connectivity index (χ1v) is 7.94. The molecule has 1 aromatic rings. The lowest BCUT2D eigenvalue weighted by molar-refractivity contribution is 0.123. The van der Waals surface area contributed by atoms with E-state index in [1.165, 1.54) is 4.90 Å². The molecule has 0 bridgehead atoms. The number of carbonyl (C=O) groups excluding carboxylic acids is 1. The van der Waals surface area contributed by atoms with Crippen LogP contribution in [0, 0.1) is 11.3 Å². The van der Waals surface area contributed by atoms with E-state index in [2.05, 4.69) is 16.3 Å². The third-order valence-corrected chi connectivity index (χ3v) is 4.23. The Morgan fingerprint density at radius 1 is 1.52 bits per heavy atom. The quantitative estimate of drug-likeness (QED) is 0.917. The predicted octanol–water partition coefficient (Wildman–Crippen LogP) is 2.94. The summed E-state index contributed by atoms with van der Waals surface area (Å²) in [6.45, 7) is 4.57. The topological polar surface area (TPSA) is 68.6 Å². The zero-order valence-electron chi connectivity index (χ0n) is 13.4. The number of hydrogen-bond donors (Lipinski definition) is 1. The highest BCUT2D eigenvalue weighted by molar-refractivity contribution is 6.34. The summed E-state index contributed by atoms with van der Waals surface area (Å²) in [4.78, 5) is 16.0. The van der Waals surface area contributed by atoms with Crippen LogP contribution >= 0.6 is 11.6 Å². The van der Waals surface area contributed by atoms with Crippen LogP contribution in [0.3, 0.4) is 0 Å². The van der Waals surface area contributed by atoms with Crippen LogP contribution in [0.4, 0.5) is 16.2 Å². The first-order valence-electron chi connectivity index (χ1n) is 7.56. The van der Waals surface area contributed by atoms with Crippen molar-refractivity contribution in [3.63, 3.8) is 0 Å². The second-order valence-corrected chi connectivity index (χ2v) is 5.89. The number of carbonyl (C=O) groups is 1. The van der Waals surface area contributed by atoms with Gasteiger partial charge in [-0.15, -0.1) is 0 Å². The van der Waals surface area contributed by atoms with Gasteiger partial charge in [0.2, 0.25) is 0 Å². The highest BCUT2D eigenvalue weighted by atomic mass is 35.5. The van der Waals surface area contributed by atoms with E-state index in [-0.39, 0.29) is 18.5 Å². The van der Waals surface area contributed by atoms with Crippen LogP contribution in [0.1, 0.15) is 13.3 Å². The summed E-state index contributed by atoms with van der Waals surface area (Å²) in [7, 11) is 1.68. The Bertz CT molecular complexity index is 596. The Kier molecular flexibility index (Phi) is 6.08. The zero-order chi connectivity index (χ0) is 16.8. The van der Waals surface area contributed by atoms with Crippen molar-refractivity contribution in [3.05, 3.63) is 23.2 Å². The summed E-state index contributed by atoms with van der Waals surface area (Å²) in [5.74, 6) is 0. The van der Waals surface area contributed by atoms with E-state index in [1.807, 2.05) is 19.1 Å². The molecule has 0 spiro atoms. The van der Waals surface area contributed by atoms with Gasteiger partial charge in [-0.25, -0.2) is 4.79 Å². The molecule has 1 aliphatic heterocycles. The van der Waals surface area contributed by atoms with Crippen molar-refractivity contribution in [2.24, 2.45) is 0 Å². The lowest BCUT2D eigenvalue weighted by Gasteiger charge is -2.32. The summed E-state index contributed by atoms with van der Waals surface area (Å²) in [6, 6.07) is 7.10. The third kappa shape index (κ3) is 4.27. The van der Waals surface area contributed by atoms with Crippen LogP contribution in [0.15, 0.2) is 18.2 Å². The van der Waals surface area contributed by atoms with Crippen molar-refractivity contribution in [2.75, 3.05) is 43.6 Å². The molecular formula is C16H21ClN4O2. The molecule has 1 heterocycles. The van der Waals surface area contributed by atoms with Gasteiger partial charge in [0.25, 0.3) is 0 Å². The number of amides is 2. The number of benzene rings is 1. The molecule has 0 radical (unpaired) electrons. The molecule has 0 unspecified atom stereocenters. The van der Waals surface area contributed by atoms with E-state index in [4.69, 9.17) is 21.6 Å². The Hall–Kier alpha value is -1.97. The van der Waals surface area contributed by atoms with Crippen molar-refractivity contribution in [2.45, 2.75) is 19.4 Å². The van der Waals surface area contributed by atoms with Gasteiger partial charge in [-0.1, -0.05) is 17.7 Å². The smallest absolute Gasteiger partial charge is 0.321 e. The van der Waals surface area contributed by atoms with E-state index >= 15 is 0 Å². The van der Waals surface area contributed by atoms with Gasteiger partial charge in [0.05, 0.1) is 42.1 Å². The number of hydrogen-bond acceptors (Lipinski definition) is 4. The van der Waals surface area contributed by atoms with Crippen molar-refractivity contribution in [1.29, 1.82) is 5.26 Å². The Morgan fingerprint density at radius 3 is 2.87 bits per heavy atom. The number of nitrogens with one attached hydrogen (secondary N) is 1. The number of nitriles is 1. The van der Waals surface area contributed by atoms with Crippen molar-refractivity contribution < 1.29 is 9.53 Å². The molecule has 1 saturated heterocycles. The molecular weight excluding hydrogens is 316 g/mol. The maximum atomic E-state index is 12.4. The largest absolute Gasteiger partial charge is 0.378 e. The second kappa shape index (κ2) is 8.04. The number of ether oxygens (including phenoxy) is 1. The number of rotatable bonds is 4. The fourth-order valence-electron chi connectivity index (χ4n) is 2.40. The lowest BCUT2D eigenvalue weighted by atomic mass is 10.2. The SMILES string of the molecule is C[C@H](CC#N)N(C)C(=O)Nc1cccc(Cl)c1N1CCOCC1. The normalized spacial score (nSPS) is 15.7. The molecule has 6 nitrogen and oxygen atoms in total. The van der Waals surface area contributed by atoms with Gasteiger partial charge in [0.1, 0.15) is 0 Å². The van der Waals surface area contributed by atoms with Gasteiger partial charge in [-0.2, -0.15) is 5.26 Å². The zero-order valence-corrected chi connectivity index (χ0v) is 14.1. The molecule has 1 aliphatic rings. The molecule has 2 rings (SSSR count). The van der Waals surface area contributed by atoms with E-state index in [0.717, 1.165) is 18.8 Å². The fraction of sp³-hybridized carbons (Fsp3) is 0.500. The van der Waals surface area contributed by atoms with E-state index < -0.39 is 0 Å². The number of anilines is 2. The van der Waals surface area contributed by atoms with Crippen LogP contribution < -0.4 is 10.2 Å². The van der Waals surface area contributed by atoms with Gasteiger partial charge in [-0.05, 0) is 19.1 Å². The molecule has 2 amide bonds. The third-order valence-electron chi connectivity index (χ3n) is 3.92. The molecule has 124 valence electrons. The number of halogens is 1. The van der Waals surface area contributed by atoms with Gasteiger partial charge >= 0.3 is 6.03 Å². The molecule has 23 heavy (non-hydrogen) atoms. The van der Waals surface area contributed by atoms with Crippen LogP contribution in [0.2, 0.25) is 5.02 Å². The van der Waals surface area contributed by atoms with Crippen molar-refractivity contribution in [1.82, 2.24) is 4.90 Å². The molecule has 1 atom stereocenters. The maximum absolute atomic E-state index is 12.4. The summed E-state index contributed by atoms with van der Waals surface area (Å²) >= 11 is 6.35. The minimum Gasteiger partial charge on any atom is -0.378 e. The van der Waals surface area contributed by atoms with Gasteiger partial charge in [0.15, 0.2) is 0 Å². The maximum Gasteiger partial charge on any atom is 0.321 e. The van der Waals surface area contributed by atoms with Gasteiger partial charge < -0.3 is 19.9 Å². The molecule has 1 fully saturated rings. The lowest BCUT2D eigenvalue weighted by Crippen LogP contribution is -2.39.